The molecule has 0 heterocycles. The van der Waals surface area contributed by atoms with Crippen LogP contribution in [-0.4, -0.2) is 12.6 Å². The number of carbonyl (C=O) groups is 1. The fourth-order valence-electron chi connectivity index (χ4n) is 2.55. The molecule has 2 rings (SSSR count). The van der Waals surface area contributed by atoms with Crippen molar-refractivity contribution in [3.63, 3.8) is 0 Å². The molecule has 0 N–H and O–H groups in total. The van der Waals surface area contributed by atoms with E-state index >= 15 is 0 Å². The van der Waals surface area contributed by atoms with E-state index in [1.165, 1.54) is 0 Å². The number of rotatable bonds is 9. The topological polar surface area (TPSA) is 35.5 Å². The Bertz CT molecular complexity index is 644. The number of benzene rings is 2. The molecule has 0 aliphatic heterocycles. The Morgan fingerprint density at radius 3 is 2.08 bits per heavy atom. The molecule has 0 spiro atoms. The summed E-state index contributed by atoms with van der Waals surface area (Å²) in [4.78, 5) is 11.6. The van der Waals surface area contributed by atoms with Crippen molar-refractivity contribution >= 4 is 5.97 Å². The van der Waals surface area contributed by atoms with Gasteiger partial charge in [-0.3, -0.25) is 4.79 Å². The molecule has 1 atom stereocenters. The van der Waals surface area contributed by atoms with Crippen LogP contribution in [0.5, 0.6) is 5.75 Å². The first-order valence-electron chi connectivity index (χ1n) is 9.16. The Morgan fingerprint density at radius 1 is 0.920 bits per heavy atom. The Kier molecular flexibility index (Phi) is 7.52. The fourth-order valence-corrected chi connectivity index (χ4v) is 2.55. The molecule has 1 unspecified atom stereocenters. The molecule has 2 aromatic rings. The Labute approximate surface area is 151 Å². The van der Waals surface area contributed by atoms with Gasteiger partial charge in [0.2, 0.25) is 0 Å². The Hall–Kier alpha value is -2.29. The number of ether oxygens (including phenoxy) is 2. The van der Waals surface area contributed by atoms with Gasteiger partial charge in [-0.25, -0.2) is 0 Å². The van der Waals surface area contributed by atoms with Gasteiger partial charge in [0.1, 0.15) is 11.9 Å². The maximum absolute atomic E-state index is 11.6. The molecule has 134 valence electrons. The second-order valence-electron chi connectivity index (χ2n) is 6.23. The monoisotopic (exact) mass is 340 g/mol. The van der Waals surface area contributed by atoms with Crippen molar-refractivity contribution in [1.29, 1.82) is 0 Å². The van der Waals surface area contributed by atoms with Gasteiger partial charge in [-0.05, 0) is 48.6 Å². The molecule has 0 radical (unpaired) electrons. The number of carbonyl (C=O) groups excluding carboxylic acids is 1. The van der Waals surface area contributed by atoms with Crippen molar-refractivity contribution in [3.8, 4) is 16.9 Å². The zero-order valence-electron chi connectivity index (χ0n) is 15.5. The number of esters is 1. The van der Waals surface area contributed by atoms with E-state index in [0.717, 1.165) is 48.3 Å². The summed E-state index contributed by atoms with van der Waals surface area (Å²) in [7, 11) is 0. The zero-order valence-corrected chi connectivity index (χ0v) is 15.5. The second kappa shape index (κ2) is 9.87. The third-order valence-corrected chi connectivity index (χ3v) is 4.10. The van der Waals surface area contributed by atoms with Crippen LogP contribution in [0.1, 0.15) is 58.1 Å². The average Bonchev–Trinajstić information content (AvgIpc) is 2.63. The summed E-state index contributed by atoms with van der Waals surface area (Å²) in [6, 6.07) is 16.3. The quantitative estimate of drug-likeness (QED) is 0.419. The first-order valence-corrected chi connectivity index (χ1v) is 9.16. The molecule has 0 saturated carbocycles. The smallest absolute Gasteiger partial charge is 0.306 e. The maximum Gasteiger partial charge on any atom is 0.306 e. The maximum atomic E-state index is 11.6. The van der Waals surface area contributed by atoms with Gasteiger partial charge in [-0.1, -0.05) is 56.7 Å². The van der Waals surface area contributed by atoms with Gasteiger partial charge in [0.15, 0.2) is 0 Å². The zero-order chi connectivity index (χ0) is 18.1. The van der Waals surface area contributed by atoms with E-state index in [2.05, 4.69) is 31.2 Å². The van der Waals surface area contributed by atoms with Crippen molar-refractivity contribution in [2.75, 3.05) is 6.61 Å². The Balaban J connectivity index is 1.98. The molecular formula is C22H28O3. The fraction of sp³-hybridized carbons (Fsp3) is 0.409. The van der Waals surface area contributed by atoms with E-state index in [9.17, 15) is 4.79 Å². The van der Waals surface area contributed by atoms with E-state index in [0.29, 0.717) is 6.42 Å². The summed E-state index contributed by atoms with van der Waals surface area (Å²) in [5.41, 5.74) is 3.29. The molecular weight excluding hydrogens is 312 g/mol. The van der Waals surface area contributed by atoms with Crippen LogP contribution in [0.3, 0.4) is 0 Å². The summed E-state index contributed by atoms with van der Waals surface area (Å²) < 4.78 is 11.1. The first-order chi connectivity index (χ1) is 12.1. The van der Waals surface area contributed by atoms with Crippen LogP contribution in [0.25, 0.3) is 11.1 Å². The SMILES string of the molecule is CCCCOc1ccc(-c2ccc(C(C)OC(=O)CCC)cc2)cc1. The highest BCUT2D eigenvalue weighted by atomic mass is 16.5. The summed E-state index contributed by atoms with van der Waals surface area (Å²) in [6.45, 7) is 6.80. The highest BCUT2D eigenvalue weighted by Crippen LogP contribution is 2.25. The van der Waals surface area contributed by atoms with Gasteiger partial charge >= 0.3 is 5.97 Å². The summed E-state index contributed by atoms with van der Waals surface area (Å²) in [5, 5.41) is 0. The lowest BCUT2D eigenvalue weighted by Crippen LogP contribution is -2.08. The molecule has 0 aromatic heterocycles. The summed E-state index contributed by atoms with van der Waals surface area (Å²) in [5.74, 6) is 0.767. The minimum Gasteiger partial charge on any atom is -0.494 e. The van der Waals surface area contributed by atoms with E-state index < -0.39 is 0 Å². The molecule has 3 nitrogen and oxygen atoms in total. The van der Waals surface area contributed by atoms with Crippen molar-refractivity contribution in [2.24, 2.45) is 0 Å². The van der Waals surface area contributed by atoms with Gasteiger partial charge < -0.3 is 9.47 Å². The third kappa shape index (κ3) is 5.93. The summed E-state index contributed by atoms with van der Waals surface area (Å²) in [6.07, 6.45) is 3.26. The van der Waals surface area contributed by atoms with Crippen LogP contribution in [0, 0.1) is 0 Å². The molecule has 0 aliphatic rings. The molecule has 0 saturated heterocycles. The van der Waals surface area contributed by atoms with Gasteiger partial charge in [-0.15, -0.1) is 0 Å². The van der Waals surface area contributed by atoms with Crippen LogP contribution in [-0.2, 0) is 9.53 Å². The minimum atomic E-state index is -0.220. The predicted molar refractivity (Wildman–Crippen MR) is 102 cm³/mol. The van der Waals surface area contributed by atoms with E-state index in [1.54, 1.807) is 0 Å². The minimum absolute atomic E-state index is 0.141. The lowest BCUT2D eigenvalue weighted by Gasteiger charge is -2.14. The number of hydrogen-bond donors (Lipinski definition) is 0. The standard InChI is InChI=1S/C22H28O3/c1-4-6-16-24-21-14-12-20(13-15-21)19-10-8-18(9-11-19)17(3)25-22(23)7-5-2/h8-15,17H,4-7,16H2,1-3H3. The van der Waals surface area contributed by atoms with E-state index in [4.69, 9.17) is 9.47 Å². The van der Waals surface area contributed by atoms with Crippen LogP contribution in [0.4, 0.5) is 0 Å². The molecule has 2 aromatic carbocycles. The van der Waals surface area contributed by atoms with Gasteiger partial charge in [0.25, 0.3) is 0 Å². The molecule has 0 aliphatic carbocycles. The predicted octanol–water partition coefficient (Wildman–Crippen LogP) is 5.94. The molecule has 25 heavy (non-hydrogen) atoms. The van der Waals surface area contributed by atoms with Gasteiger partial charge in [-0.2, -0.15) is 0 Å². The molecule has 0 bridgehead atoms. The van der Waals surface area contributed by atoms with Crippen LogP contribution in [0.15, 0.2) is 48.5 Å². The van der Waals surface area contributed by atoms with E-state index in [1.807, 2.05) is 38.1 Å². The Morgan fingerprint density at radius 2 is 1.52 bits per heavy atom. The lowest BCUT2D eigenvalue weighted by molar-refractivity contribution is -0.148. The van der Waals surface area contributed by atoms with Crippen molar-refractivity contribution in [1.82, 2.24) is 0 Å². The third-order valence-electron chi connectivity index (χ3n) is 4.10. The normalized spacial score (nSPS) is 11.8. The van der Waals surface area contributed by atoms with Gasteiger partial charge in [0, 0.05) is 6.42 Å². The first kappa shape index (κ1) is 19.0. The number of hydrogen-bond acceptors (Lipinski definition) is 3. The van der Waals surface area contributed by atoms with Crippen molar-refractivity contribution < 1.29 is 14.3 Å². The second-order valence-corrected chi connectivity index (χ2v) is 6.23. The highest BCUT2D eigenvalue weighted by molar-refractivity contribution is 5.69. The van der Waals surface area contributed by atoms with Crippen LogP contribution < -0.4 is 4.74 Å². The van der Waals surface area contributed by atoms with Crippen LogP contribution in [0.2, 0.25) is 0 Å². The van der Waals surface area contributed by atoms with Crippen LogP contribution >= 0.6 is 0 Å². The lowest BCUT2D eigenvalue weighted by atomic mass is 10.0. The van der Waals surface area contributed by atoms with Crippen molar-refractivity contribution in [2.45, 2.75) is 52.6 Å². The molecule has 3 heteroatoms. The molecule has 0 fully saturated rings. The number of unbranched alkanes of at least 4 members (excludes halogenated alkanes) is 1. The highest BCUT2D eigenvalue weighted by Gasteiger charge is 2.11. The van der Waals surface area contributed by atoms with Crippen molar-refractivity contribution in [3.05, 3.63) is 54.1 Å². The molecule has 0 amide bonds. The summed E-state index contributed by atoms with van der Waals surface area (Å²) >= 11 is 0. The largest absolute Gasteiger partial charge is 0.494 e. The van der Waals surface area contributed by atoms with Gasteiger partial charge in [0.05, 0.1) is 6.61 Å². The van der Waals surface area contributed by atoms with E-state index in [-0.39, 0.29) is 12.1 Å². The average molecular weight is 340 g/mol.